The maximum absolute atomic E-state index is 12.5. The summed E-state index contributed by atoms with van der Waals surface area (Å²) in [5.41, 5.74) is 1.12. The maximum Gasteiger partial charge on any atom is 0.238 e. The Kier molecular flexibility index (Phi) is 7.48. The van der Waals surface area contributed by atoms with Crippen LogP contribution in [0.15, 0.2) is 42.6 Å². The van der Waals surface area contributed by atoms with Crippen molar-refractivity contribution in [3.63, 3.8) is 0 Å². The maximum atomic E-state index is 12.5. The number of anilines is 2. The molecule has 1 aliphatic rings. The van der Waals surface area contributed by atoms with Gasteiger partial charge >= 0.3 is 0 Å². The largest absolute Gasteiger partial charge is 0.476 e. The van der Waals surface area contributed by atoms with Crippen molar-refractivity contribution in [2.75, 3.05) is 52.2 Å². The highest BCUT2D eigenvalue weighted by molar-refractivity contribution is 7.18. The number of thiazole rings is 1. The van der Waals surface area contributed by atoms with E-state index in [1.54, 1.807) is 17.4 Å². The van der Waals surface area contributed by atoms with Gasteiger partial charge in [0.25, 0.3) is 0 Å². The lowest BCUT2D eigenvalue weighted by Crippen LogP contribution is -2.56. The number of benzene rings is 1. The lowest BCUT2D eigenvalue weighted by molar-refractivity contribution is -0.128. The normalized spacial score (nSPS) is 17.0. The molecule has 10 heteroatoms. The second kappa shape index (κ2) is 10.7. The summed E-state index contributed by atoms with van der Waals surface area (Å²) in [6, 6.07) is 11.7. The molecule has 1 saturated heterocycles. The fourth-order valence-corrected chi connectivity index (χ4v) is 4.43. The number of likely N-dealkylation sites (N-methyl/N-ethyl adjacent to an activating group) is 2. The van der Waals surface area contributed by atoms with E-state index in [-0.39, 0.29) is 11.9 Å². The van der Waals surface area contributed by atoms with Crippen LogP contribution in [0, 0.1) is 6.92 Å². The Morgan fingerprint density at radius 3 is 2.85 bits per heavy atom. The van der Waals surface area contributed by atoms with Crippen molar-refractivity contribution >= 4 is 28.2 Å². The van der Waals surface area contributed by atoms with Crippen LogP contribution in [0.25, 0.3) is 10.4 Å². The zero-order valence-corrected chi connectivity index (χ0v) is 19.9. The van der Waals surface area contributed by atoms with Gasteiger partial charge in [0.1, 0.15) is 24.3 Å². The zero-order valence-electron chi connectivity index (χ0n) is 19.1. The van der Waals surface area contributed by atoms with Gasteiger partial charge in [-0.05, 0) is 26.6 Å². The van der Waals surface area contributed by atoms with Crippen molar-refractivity contribution in [2.45, 2.75) is 13.0 Å². The van der Waals surface area contributed by atoms with Gasteiger partial charge in [0.2, 0.25) is 11.8 Å². The van der Waals surface area contributed by atoms with Crippen LogP contribution < -0.4 is 15.4 Å². The second-order valence-corrected chi connectivity index (χ2v) is 9.09. The number of aryl methyl sites for hydroxylation is 1. The van der Waals surface area contributed by atoms with Crippen molar-refractivity contribution in [3.05, 3.63) is 48.4 Å². The SMILES string of the molecule is Cc1nc(Nc2ncc(-c3ccccc3)s2)cc(OCCNC(=O)[C@@H]2CN(C)CCN2C)n1. The molecular formula is C23H29N7O2S. The summed E-state index contributed by atoms with van der Waals surface area (Å²) >= 11 is 1.55. The average molecular weight is 468 g/mol. The van der Waals surface area contributed by atoms with Crippen LogP contribution in [0.4, 0.5) is 10.9 Å². The van der Waals surface area contributed by atoms with Crippen molar-refractivity contribution in [3.8, 4) is 16.3 Å². The highest BCUT2D eigenvalue weighted by atomic mass is 32.1. The Hall–Kier alpha value is -3.08. The molecular weight excluding hydrogens is 438 g/mol. The number of nitrogens with zero attached hydrogens (tertiary/aromatic N) is 5. The number of amides is 1. The number of carbonyl (C=O) groups excluding carboxylic acids is 1. The smallest absolute Gasteiger partial charge is 0.238 e. The standard InChI is InChI=1S/C23H29N7O2S/c1-16-26-20(28-23-25-14-19(33-23)17-7-5-4-6-8-17)13-21(27-16)32-12-9-24-22(31)18-15-29(2)10-11-30(18)3/h4-8,13-14,18H,9-12,15H2,1-3H3,(H,24,31)(H,25,26,27,28)/t18-/m0/s1. The third-order valence-corrected chi connectivity index (χ3v) is 6.38. The molecule has 3 aromatic rings. The van der Waals surface area contributed by atoms with E-state index in [1.165, 1.54) is 0 Å². The molecule has 9 nitrogen and oxygen atoms in total. The van der Waals surface area contributed by atoms with Gasteiger partial charge in [0.05, 0.1) is 11.4 Å². The van der Waals surface area contributed by atoms with Gasteiger partial charge in [0, 0.05) is 31.9 Å². The lowest BCUT2D eigenvalue weighted by atomic mass is 10.2. The molecule has 0 aliphatic carbocycles. The number of piperazine rings is 1. The van der Waals surface area contributed by atoms with E-state index in [4.69, 9.17) is 4.74 Å². The summed E-state index contributed by atoms with van der Waals surface area (Å²) in [5, 5.41) is 6.94. The Balaban J connectivity index is 1.30. The highest BCUT2D eigenvalue weighted by Gasteiger charge is 2.28. The number of carbonyl (C=O) groups is 1. The fraction of sp³-hybridized carbons (Fsp3) is 0.391. The van der Waals surface area contributed by atoms with Gasteiger partial charge in [-0.2, -0.15) is 4.98 Å². The molecule has 0 bridgehead atoms. The molecule has 1 aliphatic heterocycles. The van der Waals surface area contributed by atoms with Gasteiger partial charge in [-0.25, -0.2) is 9.97 Å². The molecule has 2 aromatic heterocycles. The Labute approximate surface area is 197 Å². The van der Waals surface area contributed by atoms with Crippen LogP contribution in [-0.4, -0.2) is 83.6 Å². The first-order valence-electron chi connectivity index (χ1n) is 10.9. The van der Waals surface area contributed by atoms with E-state index in [0.29, 0.717) is 30.7 Å². The quantitative estimate of drug-likeness (QED) is 0.488. The molecule has 174 valence electrons. The van der Waals surface area contributed by atoms with Gasteiger partial charge in [-0.1, -0.05) is 41.7 Å². The average Bonchev–Trinajstić information content (AvgIpc) is 3.27. The molecule has 1 atom stereocenters. The van der Waals surface area contributed by atoms with E-state index in [9.17, 15) is 4.79 Å². The summed E-state index contributed by atoms with van der Waals surface area (Å²) in [5.74, 6) is 1.67. The first-order valence-corrected chi connectivity index (χ1v) is 11.7. The monoisotopic (exact) mass is 467 g/mol. The molecule has 1 amide bonds. The molecule has 0 unspecified atom stereocenters. The Bertz CT molecular complexity index is 1080. The molecule has 0 saturated carbocycles. The van der Waals surface area contributed by atoms with Gasteiger partial charge in [-0.3, -0.25) is 9.69 Å². The van der Waals surface area contributed by atoms with E-state index in [0.717, 1.165) is 35.2 Å². The summed E-state index contributed by atoms with van der Waals surface area (Å²) < 4.78 is 5.78. The summed E-state index contributed by atoms with van der Waals surface area (Å²) in [4.78, 5) is 31.1. The first kappa shape index (κ1) is 23.1. The van der Waals surface area contributed by atoms with Crippen LogP contribution in [0.2, 0.25) is 0 Å². The zero-order chi connectivity index (χ0) is 23.2. The van der Waals surface area contributed by atoms with Crippen LogP contribution in [-0.2, 0) is 4.79 Å². The first-order chi connectivity index (χ1) is 16.0. The molecule has 2 N–H and O–H groups in total. The van der Waals surface area contributed by atoms with Gasteiger partial charge in [0.15, 0.2) is 5.13 Å². The molecule has 0 radical (unpaired) electrons. The summed E-state index contributed by atoms with van der Waals surface area (Å²) in [7, 11) is 4.02. The molecule has 1 aromatic carbocycles. The van der Waals surface area contributed by atoms with Crippen LogP contribution in [0.1, 0.15) is 5.82 Å². The van der Waals surface area contributed by atoms with E-state index >= 15 is 0 Å². The van der Waals surface area contributed by atoms with Crippen LogP contribution in [0.3, 0.4) is 0 Å². The topological polar surface area (TPSA) is 95.5 Å². The molecule has 3 heterocycles. The molecule has 4 rings (SSSR count). The third kappa shape index (κ3) is 6.25. The number of aromatic nitrogens is 3. The fourth-order valence-electron chi connectivity index (χ4n) is 3.60. The minimum Gasteiger partial charge on any atom is -0.476 e. The summed E-state index contributed by atoms with van der Waals surface area (Å²) in [6.07, 6.45) is 1.85. The minimum absolute atomic E-state index is 0.0202. The van der Waals surface area contributed by atoms with E-state index in [2.05, 4.69) is 47.5 Å². The number of nitrogens with one attached hydrogen (secondary N) is 2. The molecule has 1 fully saturated rings. The number of hydrogen-bond donors (Lipinski definition) is 2. The van der Waals surface area contributed by atoms with Gasteiger partial charge in [-0.15, -0.1) is 0 Å². The van der Waals surface area contributed by atoms with E-state index in [1.807, 2.05) is 45.4 Å². The van der Waals surface area contributed by atoms with Gasteiger partial charge < -0.3 is 20.3 Å². The number of hydrogen-bond acceptors (Lipinski definition) is 9. The Morgan fingerprint density at radius 1 is 1.21 bits per heavy atom. The highest BCUT2D eigenvalue weighted by Crippen LogP contribution is 2.30. The second-order valence-electron chi connectivity index (χ2n) is 8.06. The van der Waals surface area contributed by atoms with Crippen molar-refractivity contribution in [1.82, 2.24) is 30.1 Å². The van der Waals surface area contributed by atoms with Crippen molar-refractivity contribution in [1.29, 1.82) is 0 Å². The predicted molar refractivity (Wildman–Crippen MR) is 130 cm³/mol. The predicted octanol–water partition coefficient (Wildman–Crippen LogP) is 2.39. The summed E-state index contributed by atoms with van der Waals surface area (Å²) in [6.45, 7) is 5.13. The third-order valence-electron chi connectivity index (χ3n) is 5.42. The number of rotatable bonds is 8. The minimum atomic E-state index is -0.139. The Morgan fingerprint density at radius 2 is 2.03 bits per heavy atom. The van der Waals surface area contributed by atoms with Crippen molar-refractivity contribution in [2.24, 2.45) is 0 Å². The van der Waals surface area contributed by atoms with Crippen LogP contribution in [0.5, 0.6) is 5.88 Å². The lowest BCUT2D eigenvalue weighted by Gasteiger charge is -2.36. The van der Waals surface area contributed by atoms with Crippen LogP contribution >= 0.6 is 11.3 Å². The number of ether oxygens (including phenoxy) is 1. The molecule has 0 spiro atoms. The van der Waals surface area contributed by atoms with Crippen molar-refractivity contribution < 1.29 is 9.53 Å². The molecule has 33 heavy (non-hydrogen) atoms. The van der Waals surface area contributed by atoms with E-state index < -0.39 is 0 Å².